The van der Waals surface area contributed by atoms with E-state index in [1.807, 2.05) is 0 Å². The topological polar surface area (TPSA) is 54.0 Å². The largest absolute Gasteiger partial charge is 0.341 e. The van der Waals surface area contributed by atoms with Crippen LogP contribution in [-0.2, 0) is 0 Å². The van der Waals surface area contributed by atoms with Crippen molar-refractivity contribution in [3.63, 3.8) is 0 Å². The summed E-state index contributed by atoms with van der Waals surface area (Å²) >= 11 is 4.59. The van der Waals surface area contributed by atoms with Gasteiger partial charge in [0.15, 0.2) is 5.13 Å². The van der Waals surface area contributed by atoms with Gasteiger partial charge in [0.1, 0.15) is 0 Å². The van der Waals surface area contributed by atoms with Crippen LogP contribution in [0.2, 0.25) is 0 Å². The number of hydrogen-bond acceptors (Lipinski definition) is 3. The second-order valence-corrected chi connectivity index (χ2v) is 4.08. The molecule has 0 aliphatic rings. The second kappa shape index (κ2) is 3.68. The van der Waals surface area contributed by atoms with E-state index in [-0.39, 0.29) is 6.03 Å². The Labute approximate surface area is 76.2 Å². The summed E-state index contributed by atoms with van der Waals surface area (Å²) < 4.78 is 0.893. The zero-order valence-electron chi connectivity index (χ0n) is 5.72. The fourth-order valence-corrected chi connectivity index (χ4v) is 1.57. The first-order valence-electron chi connectivity index (χ1n) is 2.82. The third kappa shape index (κ3) is 2.47. The Morgan fingerprint density at radius 2 is 2.55 bits per heavy atom. The summed E-state index contributed by atoms with van der Waals surface area (Å²) in [6.45, 7) is 0. The van der Waals surface area contributed by atoms with Gasteiger partial charge in [-0.25, -0.2) is 9.78 Å². The van der Waals surface area contributed by atoms with Crippen LogP contribution in [0.1, 0.15) is 0 Å². The molecule has 0 spiro atoms. The van der Waals surface area contributed by atoms with Gasteiger partial charge in [-0.05, 0) is 15.9 Å². The van der Waals surface area contributed by atoms with E-state index in [1.165, 1.54) is 11.3 Å². The second-order valence-electron chi connectivity index (χ2n) is 1.67. The first-order chi connectivity index (χ1) is 5.22. The number of thiazole rings is 1. The Bertz CT molecular complexity index is 262. The van der Waals surface area contributed by atoms with Gasteiger partial charge in [0, 0.05) is 7.05 Å². The fraction of sp³-hybridized carbons (Fsp3) is 0.200. The molecule has 0 fully saturated rings. The molecule has 0 unspecified atom stereocenters. The molecule has 0 radical (unpaired) electrons. The van der Waals surface area contributed by atoms with Gasteiger partial charge in [0.2, 0.25) is 0 Å². The maximum Gasteiger partial charge on any atom is 0.320 e. The monoisotopic (exact) mass is 235 g/mol. The molecule has 0 saturated heterocycles. The zero-order valence-corrected chi connectivity index (χ0v) is 8.12. The highest BCUT2D eigenvalue weighted by molar-refractivity contribution is 9.11. The average Bonchev–Trinajstić information content (AvgIpc) is 2.35. The number of nitrogens with one attached hydrogen (secondary N) is 2. The highest BCUT2D eigenvalue weighted by Crippen LogP contribution is 2.22. The zero-order chi connectivity index (χ0) is 8.27. The van der Waals surface area contributed by atoms with Crippen molar-refractivity contribution in [2.75, 3.05) is 12.4 Å². The molecular weight excluding hydrogens is 230 g/mol. The molecule has 1 aromatic rings. The minimum atomic E-state index is -0.258. The number of carbonyl (C=O) groups excluding carboxylic acids is 1. The Balaban J connectivity index is 2.57. The summed E-state index contributed by atoms with van der Waals surface area (Å²) in [6, 6.07) is -0.258. The van der Waals surface area contributed by atoms with Crippen molar-refractivity contribution < 1.29 is 4.79 Å². The minimum absolute atomic E-state index is 0.258. The van der Waals surface area contributed by atoms with Crippen molar-refractivity contribution in [3.8, 4) is 0 Å². The van der Waals surface area contributed by atoms with Crippen LogP contribution in [-0.4, -0.2) is 18.1 Å². The van der Waals surface area contributed by atoms with E-state index in [2.05, 4.69) is 31.5 Å². The van der Waals surface area contributed by atoms with Gasteiger partial charge in [-0.3, -0.25) is 5.32 Å². The van der Waals surface area contributed by atoms with Crippen LogP contribution in [0.5, 0.6) is 0 Å². The van der Waals surface area contributed by atoms with Crippen LogP contribution < -0.4 is 10.6 Å². The number of rotatable bonds is 1. The molecule has 2 amide bonds. The SMILES string of the molecule is CNC(=O)Nc1ncc(Br)s1. The molecule has 0 aliphatic heterocycles. The Kier molecular flexibility index (Phi) is 2.84. The lowest BCUT2D eigenvalue weighted by atomic mass is 10.9. The van der Waals surface area contributed by atoms with Crippen LogP contribution in [0.4, 0.5) is 9.93 Å². The molecule has 1 heterocycles. The quantitative estimate of drug-likeness (QED) is 0.778. The maximum absolute atomic E-state index is 10.7. The first-order valence-corrected chi connectivity index (χ1v) is 4.43. The van der Waals surface area contributed by atoms with E-state index in [0.29, 0.717) is 5.13 Å². The molecule has 1 rings (SSSR count). The van der Waals surface area contributed by atoms with Gasteiger partial charge in [-0.15, -0.1) is 0 Å². The Morgan fingerprint density at radius 3 is 3.00 bits per heavy atom. The van der Waals surface area contributed by atoms with Crippen molar-refractivity contribution >= 4 is 38.4 Å². The summed E-state index contributed by atoms with van der Waals surface area (Å²) in [5, 5.41) is 5.54. The van der Waals surface area contributed by atoms with Gasteiger partial charge in [-0.2, -0.15) is 0 Å². The van der Waals surface area contributed by atoms with E-state index in [4.69, 9.17) is 0 Å². The van der Waals surface area contributed by atoms with Crippen LogP contribution in [0.25, 0.3) is 0 Å². The molecule has 60 valence electrons. The number of hydrogen-bond donors (Lipinski definition) is 2. The van der Waals surface area contributed by atoms with E-state index >= 15 is 0 Å². The third-order valence-corrected chi connectivity index (χ3v) is 2.32. The van der Waals surface area contributed by atoms with Crippen molar-refractivity contribution in [2.24, 2.45) is 0 Å². The lowest BCUT2D eigenvalue weighted by Crippen LogP contribution is -2.24. The molecule has 0 aromatic carbocycles. The Morgan fingerprint density at radius 1 is 1.82 bits per heavy atom. The average molecular weight is 236 g/mol. The highest BCUT2D eigenvalue weighted by atomic mass is 79.9. The van der Waals surface area contributed by atoms with E-state index in [1.54, 1.807) is 13.2 Å². The summed E-state index contributed by atoms with van der Waals surface area (Å²) in [4.78, 5) is 14.6. The summed E-state index contributed by atoms with van der Waals surface area (Å²) in [5.74, 6) is 0. The number of amides is 2. The van der Waals surface area contributed by atoms with E-state index < -0.39 is 0 Å². The molecule has 2 N–H and O–H groups in total. The minimum Gasteiger partial charge on any atom is -0.341 e. The van der Waals surface area contributed by atoms with Crippen molar-refractivity contribution in [2.45, 2.75) is 0 Å². The van der Waals surface area contributed by atoms with Crippen LogP contribution in [0, 0.1) is 0 Å². The van der Waals surface area contributed by atoms with Crippen molar-refractivity contribution in [1.82, 2.24) is 10.3 Å². The first kappa shape index (κ1) is 8.48. The van der Waals surface area contributed by atoms with Crippen LogP contribution in [0.15, 0.2) is 9.98 Å². The molecule has 0 aliphatic carbocycles. The number of halogens is 1. The Hall–Kier alpha value is -0.620. The molecule has 0 atom stereocenters. The predicted octanol–water partition coefficient (Wildman–Crippen LogP) is 1.66. The lowest BCUT2D eigenvalue weighted by molar-refractivity contribution is 0.254. The van der Waals surface area contributed by atoms with Gasteiger partial charge >= 0.3 is 6.03 Å². The summed E-state index contributed by atoms with van der Waals surface area (Å²) in [6.07, 6.45) is 1.63. The molecule has 0 bridgehead atoms. The number of carbonyl (C=O) groups is 1. The lowest BCUT2D eigenvalue weighted by Gasteiger charge is -1.96. The van der Waals surface area contributed by atoms with Gasteiger partial charge in [-0.1, -0.05) is 11.3 Å². The number of anilines is 1. The third-order valence-electron chi connectivity index (χ3n) is 0.925. The summed E-state index contributed by atoms with van der Waals surface area (Å²) in [5.41, 5.74) is 0. The van der Waals surface area contributed by atoms with Gasteiger partial charge in [0.25, 0.3) is 0 Å². The maximum atomic E-state index is 10.7. The van der Waals surface area contributed by atoms with Gasteiger partial charge < -0.3 is 5.32 Å². The molecule has 4 nitrogen and oxygen atoms in total. The molecule has 0 saturated carbocycles. The van der Waals surface area contributed by atoms with Crippen molar-refractivity contribution in [3.05, 3.63) is 9.98 Å². The van der Waals surface area contributed by atoms with Crippen molar-refractivity contribution in [1.29, 1.82) is 0 Å². The smallest absolute Gasteiger partial charge is 0.320 e. The standard InChI is InChI=1S/C5H6BrN3OS/c1-7-4(10)9-5-8-2-3(6)11-5/h2H,1H3,(H2,7,8,9,10). The molecule has 1 aromatic heterocycles. The molecule has 6 heteroatoms. The fourth-order valence-electron chi connectivity index (χ4n) is 0.472. The number of nitrogens with zero attached hydrogens (tertiary/aromatic N) is 1. The van der Waals surface area contributed by atoms with Crippen LogP contribution >= 0.6 is 27.3 Å². The molecular formula is C5H6BrN3OS. The van der Waals surface area contributed by atoms with Crippen LogP contribution in [0.3, 0.4) is 0 Å². The number of urea groups is 1. The highest BCUT2D eigenvalue weighted by Gasteiger charge is 2.01. The normalized spacial score (nSPS) is 9.27. The van der Waals surface area contributed by atoms with E-state index in [0.717, 1.165) is 3.79 Å². The van der Waals surface area contributed by atoms with E-state index in [9.17, 15) is 4.79 Å². The predicted molar refractivity (Wildman–Crippen MR) is 47.9 cm³/mol. The molecule has 11 heavy (non-hydrogen) atoms. The van der Waals surface area contributed by atoms with Gasteiger partial charge in [0.05, 0.1) is 9.98 Å². The summed E-state index contributed by atoms with van der Waals surface area (Å²) in [7, 11) is 1.55. The number of aromatic nitrogens is 1.